The van der Waals surface area contributed by atoms with Crippen LogP contribution in [0.5, 0.6) is 0 Å². The Balaban J connectivity index is 2.24. The zero-order valence-corrected chi connectivity index (χ0v) is 13.6. The highest BCUT2D eigenvalue weighted by Gasteiger charge is 2.37. The van der Waals surface area contributed by atoms with Crippen LogP contribution < -0.4 is 0 Å². The van der Waals surface area contributed by atoms with Gasteiger partial charge in [-0.3, -0.25) is 0 Å². The van der Waals surface area contributed by atoms with E-state index in [1.54, 1.807) is 6.92 Å². The Morgan fingerprint density at radius 3 is 2.45 bits per heavy atom. The molecule has 1 aromatic rings. The number of hydrogen-bond acceptors (Lipinski definition) is 3. The third-order valence-corrected chi connectivity index (χ3v) is 7.42. The van der Waals surface area contributed by atoms with Crippen molar-refractivity contribution in [1.29, 1.82) is 0 Å². The third-order valence-electron chi connectivity index (χ3n) is 2.96. The molecule has 3 nitrogen and oxygen atoms in total. The molecular formula is C11H11BrF3NO2S2. The molecule has 0 aromatic carbocycles. The summed E-state index contributed by atoms with van der Waals surface area (Å²) in [5, 5.41) is 0. The molecule has 1 aromatic heterocycles. The summed E-state index contributed by atoms with van der Waals surface area (Å²) in [7, 11) is -3.72. The molecule has 20 heavy (non-hydrogen) atoms. The second-order valence-electron chi connectivity index (χ2n) is 4.36. The van der Waals surface area contributed by atoms with Crippen molar-refractivity contribution in [2.24, 2.45) is 0 Å². The number of rotatable bonds is 2. The number of alkyl halides is 3. The zero-order chi connectivity index (χ0) is 15.1. The van der Waals surface area contributed by atoms with Crippen molar-refractivity contribution in [3.63, 3.8) is 0 Å². The third kappa shape index (κ3) is 3.10. The number of hydrogen-bond donors (Lipinski definition) is 0. The fourth-order valence-electron chi connectivity index (χ4n) is 1.81. The quantitative estimate of drug-likeness (QED) is 0.723. The molecule has 0 bridgehead atoms. The Kier molecular flexibility index (Phi) is 4.35. The van der Waals surface area contributed by atoms with Crippen molar-refractivity contribution in [2.45, 2.75) is 23.7 Å². The summed E-state index contributed by atoms with van der Waals surface area (Å²) in [6.45, 7) is 1.37. The lowest BCUT2D eigenvalue weighted by atomic mass is 10.1. The highest BCUT2D eigenvalue weighted by Crippen LogP contribution is 2.35. The second-order valence-corrected chi connectivity index (χ2v) is 8.90. The van der Waals surface area contributed by atoms with Crippen molar-refractivity contribution in [3.05, 3.63) is 27.1 Å². The second kappa shape index (κ2) is 5.43. The molecule has 0 saturated heterocycles. The van der Waals surface area contributed by atoms with Gasteiger partial charge in [-0.15, -0.1) is 11.3 Å². The molecular weight excluding hydrogens is 379 g/mol. The monoisotopic (exact) mass is 389 g/mol. The first-order chi connectivity index (χ1) is 9.12. The summed E-state index contributed by atoms with van der Waals surface area (Å²) in [4.78, 5) is 0. The molecule has 1 aliphatic rings. The van der Waals surface area contributed by atoms with E-state index in [0.717, 1.165) is 27.3 Å². The number of thiophene rings is 1. The molecule has 0 N–H and O–H groups in total. The maximum absolute atomic E-state index is 12.5. The first kappa shape index (κ1) is 16.0. The Bertz CT molecular complexity index is 630. The van der Waals surface area contributed by atoms with E-state index in [4.69, 9.17) is 0 Å². The standard InChI is InChI=1S/C11H11BrF3NO2S2/c1-7-6-9(19-10(7)12)20(17,18)16-4-2-8(3-5-16)11(13,14)15/h2,6H,3-5H2,1H3. The van der Waals surface area contributed by atoms with Crippen LogP contribution in [0.2, 0.25) is 0 Å². The lowest BCUT2D eigenvalue weighted by Gasteiger charge is -2.26. The van der Waals surface area contributed by atoms with Gasteiger partial charge in [0.2, 0.25) is 0 Å². The van der Waals surface area contributed by atoms with Gasteiger partial charge in [0.15, 0.2) is 0 Å². The molecule has 0 atom stereocenters. The van der Waals surface area contributed by atoms with E-state index < -0.39 is 21.8 Å². The smallest absolute Gasteiger partial charge is 0.206 e. The van der Waals surface area contributed by atoms with Gasteiger partial charge in [0.05, 0.1) is 3.79 Å². The summed E-state index contributed by atoms with van der Waals surface area (Å²) < 4.78 is 64.1. The Hall–Kier alpha value is -0.380. The van der Waals surface area contributed by atoms with Gasteiger partial charge in [-0.1, -0.05) is 6.08 Å². The minimum atomic E-state index is -4.38. The van der Waals surface area contributed by atoms with Gasteiger partial charge >= 0.3 is 6.18 Å². The normalized spacial score (nSPS) is 18.1. The van der Waals surface area contributed by atoms with Crippen molar-refractivity contribution in [3.8, 4) is 0 Å². The molecule has 2 heterocycles. The fourth-order valence-corrected chi connectivity index (χ4v) is 5.57. The molecule has 0 unspecified atom stereocenters. The molecule has 0 saturated carbocycles. The summed E-state index contributed by atoms with van der Waals surface area (Å²) >= 11 is 4.31. The topological polar surface area (TPSA) is 37.4 Å². The summed E-state index contributed by atoms with van der Waals surface area (Å²) in [5.41, 5.74) is 0.129. The van der Waals surface area contributed by atoms with Crippen LogP contribution in [0.25, 0.3) is 0 Å². The summed E-state index contributed by atoms with van der Waals surface area (Å²) in [6, 6.07) is 1.52. The van der Waals surface area contributed by atoms with Gasteiger partial charge in [0, 0.05) is 18.7 Å². The minimum absolute atomic E-state index is 0.144. The first-order valence-electron chi connectivity index (χ1n) is 5.64. The lowest BCUT2D eigenvalue weighted by molar-refractivity contribution is -0.0953. The Morgan fingerprint density at radius 1 is 1.40 bits per heavy atom. The molecule has 0 radical (unpaired) electrons. The van der Waals surface area contributed by atoms with E-state index in [9.17, 15) is 21.6 Å². The molecule has 0 amide bonds. The molecule has 0 spiro atoms. The SMILES string of the molecule is Cc1cc(S(=O)(=O)N2CC=C(C(F)(F)F)CC2)sc1Br. The molecule has 2 rings (SSSR count). The van der Waals surface area contributed by atoms with Gasteiger partial charge in [-0.2, -0.15) is 17.5 Å². The van der Waals surface area contributed by atoms with E-state index in [1.807, 2.05) is 0 Å². The van der Waals surface area contributed by atoms with Gasteiger partial charge in [-0.25, -0.2) is 8.42 Å². The zero-order valence-electron chi connectivity index (χ0n) is 10.4. The van der Waals surface area contributed by atoms with Crippen molar-refractivity contribution >= 4 is 37.3 Å². The van der Waals surface area contributed by atoms with Crippen LogP contribution in [0.1, 0.15) is 12.0 Å². The van der Waals surface area contributed by atoms with Crippen LogP contribution in [0, 0.1) is 6.92 Å². The molecule has 9 heteroatoms. The van der Waals surface area contributed by atoms with Crippen LogP contribution in [0.4, 0.5) is 13.2 Å². The van der Waals surface area contributed by atoms with E-state index >= 15 is 0 Å². The van der Waals surface area contributed by atoms with Crippen LogP contribution in [-0.2, 0) is 10.0 Å². The first-order valence-corrected chi connectivity index (χ1v) is 8.69. The molecule has 1 aliphatic heterocycles. The van der Waals surface area contributed by atoms with E-state index in [2.05, 4.69) is 15.9 Å². The Labute approximate surface area is 127 Å². The number of halogens is 4. The fraction of sp³-hybridized carbons (Fsp3) is 0.455. The number of nitrogens with zero attached hydrogens (tertiary/aromatic N) is 1. The van der Waals surface area contributed by atoms with E-state index in [-0.39, 0.29) is 23.7 Å². The average Bonchev–Trinajstić information content (AvgIpc) is 2.69. The van der Waals surface area contributed by atoms with Crippen molar-refractivity contribution < 1.29 is 21.6 Å². The van der Waals surface area contributed by atoms with Gasteiger partial charge in [-0.05, 0) is 40.9 Å². The van der Waals surface area contributed by atoms with Gasteiger partial charge < -0.3 is 0 Å². The lowest BCUT2D eigenvalue weighted by Crippen LogP contribution is -2.36. The molecule has 0 aliphatic carbocycles. The van der Waals surface area contributed by atoms with Crippen LogP contribution in [0.3, 0.4) is 0 Å². The predicted molar refractivity (Wildman–Crippen MR) is 74.3 cm³/mol. The minimum Gasteiger partial charge on any atom is -0.206 e. The van der Waals surface area contributed by atoms with Gasteiger partial charge in [0.1, 0.15) is 4.21 Å². The summed E-state index contributed by atoms with van der Waals surface area (Å²) in [6.07, 6.45) is -3.75. The predicted octanol–water partition coefficient (Wildman–Crippen LogP) is 3.70. The van der Waals surface area contributed by atoms with Crippen molar-refractivity contribution in [2.75, 3.05) is 13.1 Å². The highest BCUT2D eigenvalue weighted by atomic mass is 79.9. The highest BCUT2D eigenvalue weighted by molar-refractivity contribution is 9.11. The van der Waals surface area contributed by atoms with Crippen molar-refractivity contribution in [1.82, 2.24) is 4.31 Å². The largest absolute Gasteiger partial charge is 0.412 e. The number of aryl methyl sites for hydroxylation is 1. The molecule has 112 valence electrons. The molecule has 0 fully saturated rings. The Morgan fingerprint density at radius 2 is 2.05 bits per heavy atom. The number of sulfonamides is 1. The van der Waals surface area contributed by atoms with E-state index in [1.165, 1.54) is 6.07 Å². The summed E-state index contributed by atoms with van der Waals surface area (Å²) in [5.74, 6) is 0. The maximum Gasteiger partial charge on any atom is 0.412 e. The van der Waals surface area contributed by atoms with Gasteiger partial charge in [0.25, 0.3) is 10.0 Å². The van der Waals surface area contributed by atoms with Crippen LogP contribution >= 0.6 is 27.3 Å². The average molecular weight is 390 g/mol. The van der Waals surface area contributed by atoms with Crippen LogP contribution in [-0.4, -0.2) is 32.0 Å². The van der Waals surface area contributed by atoms with Crippen LogP contribution in [0.15, 0.2) is 25.7 Å². The maximum atomic E-state index is 12.5. The van der Waals surface area contributed by atoms with E-state index in [0.29, 0.717) is 3.79 Å².